The van der Waals surface area contributed by atoms with Gasteiger partial charge in [0.15, 0.2) is 5.75 Å². The monoisotopic (exact) mass is 301 g/mol. The molecule has 0 spiro atoms. The van der Waals surface area contributed by atoms with Gasteiger partial charge in [0.05, 0.1) is 4.92 Å². The summed E-state index contributed by atoms with van der Waals surface area (Å²) in [6.07, 6.45) is 0. The Morgan fingerprint density at radius 1 is 1.27 bits per heavy atom. The lowest BCUT2D eigenvalue weighted by Crippen LogP contribution is -2.28. The zero-order valence-electron chi connectivity index (χ0n) is 11.9. The molecular formula is C15H15N3O4. The van der Waals surface area contributed by atoms with Gasteiger partial charge < -0.3 is 15.7 Å². The number of aryl methyl sites for hydroxylation is 1. The summed E-state index contributed by atoms with van der Waals surface area (Å²) in [6.45, 7) is 2.29. The van der Waals surface area contributed by atoms with Gasteiger partial charge in [-0.2, -0.15) is 0 Å². The number of urea groups is 1. The maximum Gasteiger partial charge on any atom is 0.319 e. The van der Waals surface area contributed by atoms with Crippen LogP contribution in [0.3, 0.4) is 0 Å². The van der Waals surface area contributed by atoms with Crippen molar-refractivity contribution in [3.63, 3.8) is 0 Å². The molecule has 0 aliphatic carbocycles. The number of carbonyl (C=O) groups excluding carboxylic acids is 1. The number of hydrogen-bond donors (Lipinski definition) is 3. The van der Waals surface area contributed by atoms with Gasteiger partial charge in [-0.05, 0) is 30.2 Å². The van der Waals surface area contributed by atoms with Crippen LogP contribution in [0.5, 0.6) is 5.75 Å². The molecule has 2 amide bonds. The number of phenols is 1. The molecule has 7 nitrogen and oxygen atoms in total. The van der Waals surface area contributed by atoms with Gasteiger partial charge in [0.2, 0.25) is 0 Å². The zero-order chi connectivity index (χ0) is 16.1. The van der Waals surface area contributed by atoms with Gasteiger partial charge in [-0.15, -0.1) is 0 Å². The van der Waals surface area contributed by atoms with Crippen LogP contribution in [0.15, 0.2) is 42.5 Å². The van der Waals surface area contributed by atoms with E-state index in [-0.39, 0.29) is 5.69 Å². The molecule has 0 aromatic heterocycles. The first-order chi connectivity index (χ1) is 10.5. The molecule has 0 aliphatic heterocycles. The number of nitro groups is 1. The lowest BCUT2D eigenvalue weighted by Gasteiger charge is -2.09. The molecule has 7 heteroatoms. The number of phenolic OH excluding ortho intramolecular Hbond substituents is 1. The second-order valence-electron chi connectivity index (χ2n) is 4.69. The molecule has 2 rings (SSSR count). The second kappa shape index (κ2) is 6.57. The summed E-state index contributed by atoms with van der Waals surface area (Å²) in [5.74, 6) is -0.448. The van der Waals surface area contributed by atoms with Crippen molar-refractivity contribution in [1.29, 1.82) is 0 Å². The number of hydrogen-bond acceptors (Lipinski definition) is 4. The zero-order valence-corrected chi connectivity index (χ0v) is 11.9. The third-order valence-electron chi connectivity index (χ3n) is 3.13. The molecule has 0 radical (unpaired) electrons. The van der Waals surface area contributed by atoms with E-state index in [1.165, 1.54) is 6.07 Å². The smallest absolute Gasteiger partial charge is 0.319 e. The van der Waals surface area contributed by atoms with E-state index in [0.717, 1.165) is 23.3 Å². The van der Waals surface area contributed by atoms with Crippen molar-refractivity contribution < 1.29 is 14.8 Å². The van der Waals surface area contributed by atoms with Gasteiger partial charge in [-0.3, -0.25) is 10.1 Å². The van der Waals surface area contributed by atoms with Gasteiger partial charge in [-0.25, -0.2) is 4.79 Å². The molecular weight excluding hydrogens is 286 g/mol. The Bertz CT molecular complexity index is 716. The number of benzene rings is 2. The average molecular weight is 301 g/mol. The first-order valence-electron chi connectivity index (χ1n) is 6.54. The third-order valence-corrected chi connectivity index (χ3v) is 3.13. The van der Waals surface area contributed by atoms with E-state index in [4.69, 9.17) is 0 Å². The molecule has 0 saturated heterocycles. The van der Waals surface area contributed by atoms with Crippen molar-refractivity contribution in [2.24, 2.45) is 0 Å². The van der Waals surface area contributed by atoms with Gasteiger partial charge in [0.25, 0.3) is 0 Å². The number of anilines is 1. The van der Waals surface area contributed by atoms with Crippen molar-refractivity contribution >= 4 is 17.4 Å². The Morgan fingerprint density at radius 2 is 2.00 bits per heavy atom. The number of aromatic hydroxyl groups is 1. The molecule has 2 aromatic carbocycles. The fourth-order valence-electron chi connectivity index (χ4n) is 1.91. The topological polar surface area (TPSA) is 104 Å². The van der Waals surface area contributed by atoms with Crippen molar-refractivity contribution in [3.8, 4) is 5.75 Å². The largest absolute Gasteiger partial charge is 0.502 e. The second-order valence-corrected chi connectivity index (χ2v) is 4.69. The minimum Gasteiger partial charge on any atom is -0.502 e. The van der Waals surface area contributed by atoms with Crippen LogP contribution in [0.2, 0.25) is 0 Å². The first kappa shape index (κ1) is 15.3. The minimum absolute atomic E-state index is 0.229. The van der Waals surface area contributed by atoms with Crippen LogP contribution in [0.1, 0.15) is 11.1 Å². The van der Waals surface area contributed by atoms with E-state index in [9.17, 15) is 20.0 Å². The van der Waals surface area contributed by atoms with E-state index >= 15 is 0 Å². The minimum atomic E-state index is -0.717. The van der Waals surface area contributed by atoms with Crippen molar-refractivity contribution in [2.75, 3.05) is 5.32 Å². The Labute approximate surface area is 126 Å². The molecule has 0 atom stereocenters. The van der Waals surface area contributed by atoms with Gasteiger partial charge in [-0.1, -0.05) is 24.3 Å². The third kappa shape index (κ3) is 3.72. The molecule has 0 aliphatic rings. The van der Waals surface area contributed by atoms with Crippen LogP contribution < -0.4 is 10.6 Å². The van der Waals surface area contributed by atoms with E-state index in [2.05, 4.69) is 10.6 Å². The van der Waals surface area contributed by atoms with Crippen LogP contribution in [0.25, 0.3) is 0 Å². The summed E-state index contributed by atoms with van der Waals surface area (Å²) in [5, 5.41) is 25.2. The molecule has 0 unspecified atom stereocenters. The van der Waals surface area contributed by atoms with Gasteiger partial charge in [0, 0.05) is 18.3 Å². The number of amides is 2. The van der Waals surface area contributed by atoms with Crippen LogP contribution in [0.4, 0.5) is 16.2 Å². The summed E-state index contributed by atoms with van der Waals surface area (Å²) in [7, 11) is 0. The van der Waals surface area contributed by atoms with Crippen LogP contribution in [0, 0.1) is 17.0 Å². The van der Waals surface area contributed by atoms with Crippen LogP contribution >= 0.6 is 0 Å². The Morgan fingerprint density at radius 3 is 2.68 bits per heavy atom. The Hall–Kier alpha value is -3.09. The summed E-state index contributed by atoms with van der Waals surface area (Å²) >= 11 is 0. The molecule has 0 heterocycles. The summed E-state index contributed by atoms with van der Waals surface area (Å²) in [4.78, 5) is 21.8. The van der Waals surface area contributed by atoms with E-state index < -0.39 is 22.4 Å². The molecule has 2 aromatic rings. The van der Waals surface area contributed by atoms with Crippen molar-refractivity contribution in [2.45, 2.75) is 13.5 Å². The van der Waals surface area contributed by atoms with Crippen molar-refractivity contribution in [3.05, 3.63) is 63.7 Å². The normalized spacial score (nSPS) is 10.0. The number of rotatable bonds is 4. The standard InChI is InChI=1S/C15H15N3O4/c1-10-4-2-3-5-11(10)9-16-15(20)17-12-6-7-14(19)13(8-12)18(21)22/h2-8,19H,9H2,1H3,(H2,16,17,20). The average Bonchev–Trinajstić information content (AvgIpc) is 2.48. The van der Waals surface area contributed by atoms with Gasteiger partial charge in [0.1, 0.15) is 0 Å². The lowest BCUT2D eigenvalue weighted by atomic mass is 10.1. The molecule has 0 saturated carbocycles. The number of carbonyl (C=O) groups is 1. The van der Waals surface area contributed by atoms with Crippen molar-refractivity contribution in [1.82, 2.24) is 5.32 Å². The summed E-state index contributed by atoms with van der Waals surface area (Å²) < 4.78 is 0. The highest BCUT2D eigenvalue weighted by Gasteiger charge is 2.14. The molecule has 0 bridgehead atoms. The maximum absolute atomic E-state index is 11.8. The maximum atomic E-state index is 11.8. The van der Waals surface area contributed by atoms with E-state index in [1.807, 2.05) is 31.2 Å². The summed E-state index contributed by atoms with van der Waals surface area (Å²) in [5.41, 5.74) is 1.81. The quantitative estimate of drug-likeness (QED) is 0.458. The molecule has 114 valence electrons. The fraction of sp³-hybridized carbons (Fsp3) is 0.133. The summed E-state index contributed by atoms with van der Waals surface area (Å²) in [6, 6.07) is 10.8. The van der Waals surface area contributed by atoms with Crippen LogP contribution in [-0.4, -0.2) is 16.1 Å². The van der Waals surface area contributed by atoms with E-state index in [0.29, 0.717) is 6.54 Å². The number of nitrogens with one attached hydrogen (secondary N) is 2. The number of nitrogens with zero attached hydrogens (tertiary/aromatic N) is 1. The highest BCUT2D eigenvalue weighted by molar-refractivity contribution is 5.89. The SMILES string of the molecule is Cc1ccccc1CNC(=O)Nc1ccc(O)c([N+](=O)[O-])c1. The Balaban J connectivity index is 1.99. The Kier molecular flexibility index (Phi) is 4.57. The predicted molar refractivity (Wildman–Crippen MR) is 81.8 cm³/mol. The number of nitro benzene ring substituents is 1. The first-order valence-corrected chi connectivity index (χ1v) is 6.54. The van der Waals surface area contributed by atoms with Crippen LogP contribution in [-0.2, 0) is 6.54 Å². The lowest BCUT2D eigenvalue weighted by molar-refractivity contribution is -0.385. The highest BCUT2D eigenvalue weighted by Crippen LogP contribution is 2.28. The fourth-order valence-corrected chi connectivity index (χ4v) is 1.91. The molecule has 22 heavy (non-hydrogen) atoms. The van der Waals surface area contributed by atoms with E-state index in [1.54, 1.807) is 0 Å². The highest BCUT2D eigenvalue weighted by atomic mass is 16.6. The molecule has 0 fully saturated rings. The predicted octanol–water partition coefficient (Wildman–Crippen LogP) is 2.93. The van der Waals surface area contributed by atoms with Gasteiger partial charge >= 0.3 is 11.7 Å². The molecule has 3 N–H and O–H groups in total.